The quantitative estimate of drug-likeness (QED) is 0.109. The molecule has 7 heteroatoms. The number of hydrogen-bond acceptors (Lipinski definition) is 7. The maximum Gasteiger partial charge on any atom is 0.316 e. The summed E-state index contributed by atoms with van der Waals surface area (Å²) in [5.74, 6) is 1.88. The Balaban J connectivity index is 1.51. The lowest BCUT2D eigenvalue weighted by Gasteiger charge is -2.14. The zero-order valence-electron chi connectivity index (χ0n) is 22.0. The van der Waals surface area contributed by atoms with Crippen molar-refractivity contribution in [3.63, 3.8) is 0 Å². The van der Waals surface area contributed by atoms with Crippen molar-refractivity contribution in [1.82, 2.24) is 9.97 Å². The molecule has 192 valence electrons. The van der Waals surface area contributed by atoms with Crippen LogP contribution in [-0.2, 0) is 4.84 Å². The standard InChI is InChI=1S/C28H41N3O4/c1-6-7-15-33-26-18-22(2)27(23(3)19-26)34-16-13-11-9-8-10-12-14-17-35-28-29-20-25(21-30-28)24(4)31-32-5/h6-7,18-21H,8-17H2,1-5H3/b7-6+,31-24?. The molecule has 0 aliphatic rings. The Hall–Kier alpha value is -3.09. The van der Waals surface area contributed by atoms with Gasteiger partial charge in [0.25, 0.3) is 0 Å². The average Bonchev–Trinajstić information content (AvgIpc) is 2.84. The van der Waals surface area contributed by atoms with Gasteiger partial charge in [0.15, 0.2) is 0 Å². The van der Waals surface area contributed by atoms with E-state index in [1.165, 1.54) is 32.8 Å². The third-order valence-electron chi connectivity index (χ3n) is 5.56. The van der Waals surface area contributed by atoms with Crippen molar-refractivity contribution in [1.29, 1.82) is 0 Å². The second-order valence-corrected chi connectivity index (χ2v) is 8.55. The Bertz CT molecular complexity index is 903. The highest BCUT2D eigenvalue weighted by molar-refractivity contribution is 5.97. The van der Waals surface area contributed by atoms with Crippen LogP contribution in [0.4, 0.5) is 0 Å². The summed E-state index contributed by atoms with van der Waals surface area (Å²) >= 11 is 0. The lowest BCUT2D eigenvalue weighted by molar-refractivity contribution is 0.213. The lowest BCUT2D eigenvalue weighted by Crippen LogP contribution is -2.03. The third kappa shape index (κ3) is 10.8. The number of oxime groups is 1. The fourth-order valence-electron chi connectivity index (χ4n) is 3.66. The van der Waals surface area contributed by atoms with E-state index < -0.39 is 0 Å². The van der Waals surface area contributed by atoms with Crippen LogP contribution < -0.4 is 14.2 Å². The van der Waals surface area contributed by atoms with E-state index in [2.05, 4.69) is 41.1 Å². The van der Waals surface area contributed by atoms with Gasteiger partial charge in [0, 0.05) is 18.0 Å². The largest absolute Gasteiger partial charge is 0.493 e. The summed E-state index contributed by atoms with van der Waals surface area (Å²) < 4.78 is 17.5. The molecule has 0 amide bonds. The SMILES string of the molecule is C/C=C/COc1cc(C)c(OCCCCCCCCCOc2ncc(C(C)=NOC)cn2)c(C)c1. The molecule has 2 aromatic rings. The number of allylic oxidation sites excluding steroid dienone is 1. The van der Waals surface area contributed by atoms with Gasteiger partial charge < -0.3 is 19.0 Å². The van der Waals surface area contributed by atoms with Crippen LogP contribution >= 0.6 is 0 Å². The van der Waals surface area contributed by atoms with Gasteiger partial charge in [-0.05, 0) is 63.8 Å². The van der Waals surface area contributed by atoms with Crippen LogP contribution in [0.2, 0.25) is 0 Å². The van der Waals surface area contributed by atoms with Gasteiger partial charge in [-0.3, -0.25) is 0 Å². The van der Waals surface area contributed by atoms with Crippen molar-refractivity contribution in [2.45, 2.75) is 72.6 Å². The Morgan fingerprint density at radius 2 is 1.43 bits per heavy atom. The maximum atomic E-state index is 6.07. The number of ether oxygens (including phenoxy) is 3. The molecule has 1 aromatic carbocycles. The molecule has 0 spiro atoms. The first-order valence-corrected chi connectivity index (χ1v) is 12.6. The summed E-state index contributed by atoms with van der Waals surface area (Å²) in [5.41, 5.74) is 3.80. The molecule has 1 aromatic heterocycles. The topological polar surface area (TPSA) is 75.1 Å². The molecule has 0 saturated carbocycles. The number of unbranched alkanes of at least 4 members (excludes halogenated alkanes) is 6. The highest BCUT2D eigenvalue weighted by atomic mass is 16.6. The summed E-state index contributed by atoms with van der Waals surface area (Å²) in [6.45, 7) is 9.98. The molecule has 35 heavy (non-hydrogen) atoms. The fraction of sp³-hybridized carbons (Fsp3) is 0.536. The van der Waals surface area contributed by atoms with E-state index in [1.807, 2.05) is 26.0 Å². The molecular weight excluding hydrogens is 442 g/mol. The number of rotatable bonds is 17. The summed E-state index contributed by atoms with van der Waals surface area (Å²) in [5, 5.41) is 3.87. The number of nitrogens with zero attached hydrogens (tertiary/aromatic N) is 3. The van der Waals surface area contributed by atoms with E-state index in [0.29, 0.717) is 19.2 Å². The van der Waals surface area contributed by atoms with Crippen LogP contribution in [0.3, 0.4) is 0 Å². The first-order valence-electron chi connectivity index (χ1n) is 12.6. The predicted molar refractivity (Wildman–Crippen MR) is 141 cm³/mol. The van der Waals surface area contributed by atoms with Gasteiger partial charge in [0.05, 0.1) is 18.9 Å². The molecule has 0 aliphatic carbocycles. The first-order chi connectivity index (χ1) is 17.0. The molecule has 0 aliphatic heterocycles. The second-order valence-electron chi connectivity index (χ2n) is 8.55. The number of benzene rings is 1. The minimum atomic E-state index is 0.403. The number of aromatic nitrogens is 2. The molecule has 0 saturated heterocycles. The molecule has 0 unspecified atom stereocenters. The Kier molecular flexibility index (Phi) is 13.3. The average molecular weight is 484 g/mol. The van der Waals surface area contributed by atoms with Gasteiger partial charge in [0.2, 0.25) is 0 Å². The lowest BCUT2D eigenvalue weighted by atomic mass is 10.1. The van der Waals surface area contributed by atoms with E-state index in [-0.39, 0.29) is 0 Å². The monoisotopic (exact) mass is 483 g/mol. The molecule has 2 rings (SSSR count). The zero-order valence-corrected chi connectivity index (χ0v) is 22.0. The van der Waals surface area contributed by atoms with Crippen LogP contribution in [0.1, 0.15) is 75.5 Å². The molecule has 0 radical (unpaired) electrons. The van der Waals surface area contributed by atoms with Crippen LogP contribution in [-0.4, -0.2) is 42.6 Å². The van der Waals surface area contributed by atoms with Crippen molar-refractivity contribution in [2.75, 3.05) is 26.9 Å². The Labute approximate surface area is 210 Å². The van der Waals surface area contributed by atoms with Crippen molar-refractivity contribution in [2.24, 2.45) is 5.16 Å². The summed E-state index contributed by atoms with van der Waals surface area (Å²) in [6, 6.07) is 4.51. The highest BCUT2D eigenvalue weighted by Gasteiger charge is 2.07. The van der Waals surface area contributed by atoms with Gasteiger partial charge in [-0.25, -0.2) is 9.97 Å². The van der Waals surface area contributed by atoms with Gasteiger partial charge in [-0.2, -0.15) is 0 Å². The van der Waals surface area contributed by atoms with E-state index in [1.54, 1.807) is 12.4 Å². The van der Waals surface area contributed by atoms with Crippen molar-refractivity contribution in [3.8, 4) is 17.5 Å². The molecule has 1 heterocycles. The molecular formula is C28H41N3O4. The Morgan fingerprint density at radius 3 is 2.00 bits per heavy atom. The summed E-state index contributed by atoms with van der Waals surface area (Å²) in [6.07, 6.45) is 15.5. The zero-order chi connectivity index (χ0) is 25.3. The molecule has 0 fully saturated rings. The third-order valence-corrected chi connectivity index (χ3v) is 5.56. The van der Waals surface area contributed by atoms with Crippen molar-refractivity contribution < 1.29 is 19.0 Å². The molecule has 7 nitrogen and oxygen atoms in total. The summed E-state index contributed by atoms with van der Waals surface area (Å²) in [4.78, 5) is 13.2. The van der Waals surface area contributed by atoms with E-state index in [4.69, 9.17) is 19.0 Å². The summed E-state index contributed by atoms with van der Waals surface area (Å²) in [7, 11) is 1.52. The maximum absolute atomic E-state index is 6.07. The molecule has 0 atom stereocenters. The molecule has 0 N–H and O–H groups in total. The van der Waals surface area contributed by atoms with Gasteiger partial charge in [-0.15, -0.1) is 0 Å². The van der Waals surface area contributed by atoms with Crippen LogP contribution in [0.25, 0.3) is 0 Å². The van der Waals surface area contributed by atoms with Crippen molar-refractivity contribution >= 4 is 5.71 Å². The number of hydrogen-bond donors (Lipinski definition) is 0. The number of aryl methyl sites for hydroxylation is 2. The van der Waals surface area contributed by atoms with Gasteiger partial charge >= 0.3 is 6.01 Å². The fourth-order valence-corrected chi connectivity index (χ4v) is 3.66. The first kappa shape index (κ1) is 28.1. The van der Waals surface area contributed by atoms with Crippen LogP contribution in [0.15, 0.2) is 41.8 Å². The molecule has 0 bridgehead atoms. The second kappa shape index (κ2) is 16.5. The van der Waals surface area contributed by atoms with Crippen LogP contribution in [0.5, 0.6) is 17.5 Å². The smallest absolute Gasteiger partial charge is 0.316 e. The van der Waals surface area contributed by atoms with E-state index in [9.17, 15) is 0 Å². The Morgan fingerprint density at radius 1 is 0.857 bits per heavy atom. The van der Waals surface area contributed by atoms with Gasteiger partial charge in [-0.1, -0.05) is 49.4 Å². The van der Waals surface area contributed by atoms with E-state index >= 15 is 0 Å². The van der Waals surface area contributed by atoms with Crippen LogP contribution in [0, 0.1) is 13.8 Å². The van der Waals surface area contributed by atoms with Gasteiger partial charge in [0.1, 0.15) is 25.2 Å². The minimum absolute atomic E-state index is 0.403. The highest BCUT2D eigenvalue weighted by Crippen LogP contribution is 2.28. The normalized spacial score (nSPS) is 11.6. The van der Waals surface area contributed by atoms with Crippen molar-refractivity contribution in [3.05, 3.63) is 53.4 Å². The minimum Gasteiger partial charge on any atom is -0.493 e. The van der Waals surface area contributed by atoms with E-state index in [0.717, 1.165) is 59.8 Å². The predicted octanol–water partition coefficient (Wildman–Crippen LogP) is 6.61.